The van der Waals surface area contributed by atoms with Crippen molar-refractivity contribution in [3.8, 4) is 5.75 Å². The number of nitrogens with zero attached hydrogens (tertiary/aromatic N) is 2. The van der Waals surface area contributed by atoms with Crippen molar-refractivity contribution in [1.82, 2.24) is 0 Å². The molecule has 8 heteroatoms. The zero-order valence-electron chi connectivity index (χ0n) is 10.6. The molecule has 20 heavy (non-hydrogen) atoms. The lowest BCUT2D eigenvalue weighted by Gasteiger charge is -2.18. The lowest BCUT2D eigenvalue weighted by molar-refractivity contribution is -0.384. The standard InChI is InChI=1S/C12H12Br2N2O4/c1-20-11-4-9(10(16(18)19)3-8(11)14)15-6-7(5-13)2-12(15)17/h3-4,7H,2,5-6H2,1H3. The SMILES string of the molecule is COc1cc(N2CC(CBr)CC2=O)c([N+](=O)[O-])cc1Br. The number of alkyl halides is 1. The first-order chi connectivity index (χ1) is 9.47. The van der Waals surface area contributed by atoms with Crippen molar-refractivity contribution in [2.45, 2.75) is 6.42 Å². The number of nitro benzene ring substituents is 1. The van der Waals surface area contributed by atoms with Gasteiger partial charge in [0.05, 0.1) is 16.5 Å². The molecular formula is C12H12Br2N2O4. The number of carbonyl (C=O) groups is 1. The molecule has 1 aliphatic heterocycles. The first-order valence-electron chi connectivity index (χ1n) is 5.86. The van der Waals surface area contributed by atoms with Crippen LogP contribution >= 0.6 is 31.9 Å². The number of hydrogen-bond acceptors (Lipinski definition) is 4. The molecule has 0 N–H and O–H groups in total. The van der Waals surface area contributed by atoms with Gasteiger partial charge in [-0.15, -0.1) is 0 Å². The molecule has 1 aromatic carbocycles. The summed E-state index contributed by atoms with van der Waals surface area (Å²) in [5, 5.41) is 11.9. The first-order valence-corrected chi connectivity index (χ1v) is 7.77. The Morgan fingerprint density at radius 2 is 2.25 bits per heavy atom. The Labute approximate surface area is 132 Å². The van der Waals surface area contributed by atoms with E-state index >= 15 is 0 Å². The van der Waals surface area contributed by atoms with Gasteiger partial charge in [0.25, 0.3) is 5.69 Å². The third-order valence-corrected chi connectivity index (χ3v) is 4.70. The van der Waals surface area contributed by atoms with Crippen LogP contribution in [0, 0.1) is 16.0 Å². The summed E-state index contributed by atoms with van der Waals surface area (Å²) >= 11 is 6.56. The molecule has 1 aliphatic rings. The maximum atomic E-state index is 12.0. The normalized spacial score (nSPS) is 18.4. The summed E-state index contributed by atoms with van der Waals surface area (Å²) in [5.74, 6) is 0.513. The topological polar surface area (TPSA) is 72.7 Å². The summed E-state index contributed by atoms with van der Waals surface area (Å²) in [7, 11) is 1.47. The van der Waals surface area contributed by atoms with E-state index in [2.05, 4.69) is 31.9 Å². The van der Waals surface area contributed by atoms with Crippen LogP contribution in [0.1, 0.15) is 6.42 Å². The maximum absolute atomic E-state index is 12.0. The van der Waals surface area contributed by atoms with Crippen LogP contribution in [0.5, 0.6) is 5.75 Å². The quantitative estimate of drug-likeness (QED) is 0.436. The molecule has 0 aliphatic carbocycles. The number of hydrogen-bond donors (Lipinski definition) is 0. The molecule has 1 fully saturated rings. The molecule has 0 aromatic heterocycles. The van der Waals surface area contributed by atoms with E-state index in [0.717, 1.165) is 0 Å². The van der Waals surface area contributed by atoms with E-state index in [9.17, 15) is 14.9 Å². The molecule has 1 heterocycles. The zero-order chi connectivity index (χ0) is 14.9. The van der Waals surface area contributed by atoms with Gasteiger partial charge < -0.3 is 9.64 Å². The predicted molar refractivity (Wildman–Crippen MR) is 81.6 cm³/mol. The first kappa shape index (κ1) is 15.2. The number of rotatable bonds is 4. The van der Waals surface area contributed by atoms with Crippen molar-refractivity contribution in [3.05, 3.63) is 26.7 Å². The van der Waals surface area contributed by atoms with Crippen LogP contribution in [-0.4, -0.2) is 29.8 Å². The van der Waals surface area contributed by atoms with Gasteiger partial charge in [-0.05, 0) is 21.8 Å². The van der Waals surface area contributed by atoms with Crippen LogP contribution in [0.2, 0.25) is 0 Å². The highest BCUT2D eigenvalue weighted by molar-refractivity contribution is 9.10. The summed E-state index contributed by atoms with van der Waals surface area (Å²) in [6, 6.07) is 2.89. The fourth-order valence-electron chi connectivity index (χ4n) is 2.17. The van der Waals surface area contributed by atoms with Crippen LogP contribution in [0.15, 0.2) is 16.6 Å². The molecule has 0 bridgehead atoms. The van der Waals surface area contributed by atoms with Gasteiger partial charge in [-0.25, -0.2) is 0 Å². The Morgan fingerprint density at radius 3 is 2.75 bits per heavy atom. The number of nitro groups is 1. The molecule has 1 unspecified atom stereocenters. The van der Waals surface area contributed by atoms with Crippen LogP contribution in [0.3, 0.4) is 0 Å². The molecule has 1 aromatic rings. The van der Waals surface area contributed by atoms with Gasteiger partial charge in [0.1, 0.15) is 11.4 Å². The van der Waals surface area contributed by atoms with E-state index in [1.54, 1.807) is 0 Å². The van der Waals surface area contributed by atoms with Crippen LogP contribution in [0.25, 0.3) is 0 Å². The minimum absolute atomic E-state index is 0.109. The fourth-order valence-corrected chi connectivity index (χ4v) is 3.10. The Morgan fingerprint density at radius 1 is 1.55 bits per heavy atom. The zero-order valence-corrected chi connectivity index (χ0v) is 13.8. The van der Waals surface area contributed by atoms with Crippen LogP contribution < -0.4 is 9.64 Å². The molecule has 1 saturated heterocycles. The fraction of sp³-hybridized carbons (Fsp3) is 0.417. The van der Waals surface area contributed by atoms with E-state index in [0.29, 0.717) is 28.5 Å². The summed E-state index contributed by atoms with van der Waals surface area (Å²) in [6.07, 6.45) is 0.390. The number of amides is 1. The molecule has 6 nitrogen and oxygen atoms in total. The molecular weight excluding hydrogens is 396 g/mol. The Balaban J connectivity index is 2.49. The van der Waals surface area contributed by atoms with Gasteiger partial charge in [0.2, 0.25) is 5.91 Å². The molecule has 0 saturated carbocycles. The Bertz CT molecular complexity index is 565. The highest BCUT2D eigenvalue weighted by atomic mass is 79.9. The maximum Gasteiger partial charge on any atom is 0.294 e. The summed E-state index contributed by atoms with van der Waals surface area (Å²) in [4.78, 5) is 24.2. The second-order valence-electron chi connectivity index (χ2n) is 4.46. The van der Waals surface area contributed by atoms with Crippen molar-refractivity contribution in [1.29, 1.82) is 0 Å². The van der Waals surface area contributed by atoms with E-state index in [1.165, 1.54) is 24.1 Å². The molecule has 0 spiro atoms. The third-order valence-electron chi connectivity index (χ3n) is 3.16. The van der Waals surface area contributed by atoms with Crippen LogP contribution in [-0.2, 0) is 4.79 Å². The lowest BCUT2D eigenvalue weighted by Crippen LogP contribution is -2.25. The average molecular weight is 408 g/mol. The van der Waals surface area contributed by atoms with E-state index in [-0.39, 0.29) is 23.2 Å². The number of halogens is 2. The highest BCUT2D eigenvalue weighted by Crippen LogP contribution is 2.40. The van der Waals surface area contributed by atoms with Crippen LogP contribution in [0.4, 0.5) is 11.4 Å². The summed E-state index contributed by atoms with van der Waals surface area (Å²) in [6.45, 7) is 0.468. The number of anilines is 1. The number of methoxy groups -OCH3 is 1. The molecule has 108 valence electrons. The minimum Gasteiger partial charge on any atom is -0.495 e. The molecule has 1 atom stereocenters. The van der Waals surface area contributed by atoms with E-state index in [4.69, 9.17) is 4.74 Å². The largest absolute Gasteiger partial charge is 0.495 e. The minimum atomic E-state index is -0.492. The van der Waals surface area contributed by atoms with Crippen molar-refractivity contribution < 1.29 is 14.5 Å². The Kier molecular flexibility index (Phi) is 4.64. The smallest absolute Gasteiger partial charge is 0.294 e. The monoisotopic (exact) mass is 406 g/mol. The number of benzene rings is 1. The highest BCUT2D eigenvalue weighted by Gasteiger charge is 2.34. The summed E-state index contributed by atoms with van der Waals surface area (Å²) < 4.78 is 5.64. The van der Waals surface area contributed by atoms with Crippen molar-refractivity contribution in [3.63, 3.8) is 0 Å². The van der Waals surface area contributed by atoms with Crippen molar-refractivity contribution in [2.24, 2.45) is 5.92 Å². The number of carbonyl (C=O) groups excluding carboxylic acids is 1. The average Bonchev–Trinajstić information content (AvgIpc) is 2.79. The van der Waals surface area contributed by atoms with Gasteiger partial charge in [-0.2, -0.15) is 0 Å². The molecule has 1 amide bonds. The van der Waals surface area contributed by atoms with E-state index in [1.807, 2.05) is 0 Å². The van der Waals surface area contributed by atoms with Gasteiger partial charge in [0, 0.05) is 30.4 Å². The van der Waals surface area contributed by atoms with Gasteiger partial charge in [-0.3, -0.25) is 14.9 Å². The second kappa shape index (κ2) is 6.09. The molecule has 0 radical (unpaired) electrons. The third kappa shape index (κ3) is 2.80. The second-order valence-corrected chi connectivity index (χ2v) is 5.96. The van der Waals surface area contributed by atoms with Crippen molar-refractivity contribution >= 4 is 49.1 Å². The van der Waals surface area contributed by atoms with Gasteiger partial charge >= 0.3 is 0 Å². The van der Waals surface area contributed by atoms with Gasteiger partial charge in [-0.1, -0.05) is 15.9 Å². The molecule has 2 rings (SSSR count). The number of ether oxygens (including phenoxy) is 1. The Hall–Kier alpha value is -1.15. The lowest BCUT2D eigenvalue weighted by atomic mass is 10.2. The summed E-state index contributed by atoms with van der Waals surface area (Å²) in [5.41, 5.74) is 0.171. The van der Waals surface area contributed by atoms with Gasteiger partial charge in [0.15, 0.2) is 0 Å². The predicted octanol–water partition coefficient (Wildman–Crippen LogP) is 3.11. The van der Waals surface area contributed by atoms with Crippen molar-refractivity contribution in [2.75, 3.05) is 23.9 Å². The van der Waals surface area contributed by atoms with E-state index < -0.39 is 4.92 Å².